The molecule has 5 rings (SSSR count). The van der Waals surface area contributed by atoms with E-state index in [1.54, 1.807) is 18.2 Å². The number of methoxy groups -OCH3 is 1. The van der Waals surface area contributed by atoms with Crippen molar-refractivity contribution in [2.75, 3.05) is 12.0 Å². The van der Waals surface area contributed by atoms with Crippen LogP contribution in [-0.4, -0.2) is 41.6 Å². The molecule has 0 bridgehead atoms. The number of carbonyl (C=O) groups is 4. The Balaban J connectivity index is 1.68. The zero-order chi connectivity index (χ0) is 24.4. The number of Topliss-reactive ketones (excluding diaryl/α,β-unsaturated/α-hetero) is 1. The molecular formula is C27H26N2O5. The number of nitrogens with zero attached hydrogens (tertiary/aromatic N) is 2. The van der Waals surface area contributed by atoms with Gasteiger partial charge in [-0.1, -0.05) is 57.2 Å². The lowest BCUT2D eigenvalue weighted by atomic mass is 9.79. The molecule has 0 unspecified atom stereocenters. The lowest BCUT2D eigenvalue weighted by molar-refractivity contribution is -0.135. The van der Waals surface area contributed by atoms with Crippen LogP contribution in [0, 0.1) is 17.3 Å². The molecule has 2 saturated heterocycles. The van der Waals surface area contributed by atoms with Crippen molar-refractivity contribution >= 4 is 35.3 Å². The van der Waals surface area contributed by atoms with Crippen molar-refractivity contribution in [1.29, 1.82) is 0 Å². The van der Waals surface area contributed by atoms with Crippen molar-refractivity contribution in [2.24, 2.45) is 17.3 Å². The van der Waals surface area contributed by atoms with Gasteiger partial charge in [-0.05, 0) is 29.3 Å². The standard InChI is InChI=1S/C27H26N2O5/c1-27(2,3)23(30)22-20-19(21-16-10-6-5-9-15(16)13-14-28(21)22)24(31)29(25(20)32)18-12-8-7-11-17(18)26(33)34-4/h5-14,19-22H,1-4H3/t19-,20-,21+,22-/m0/s1. The molecule has 2 aromatic carbocycles. The molecule has 174 valence electrons. The first kappa shape index (κ1) is 22.1. The summed E-state index contributed by atoms with van der Waals surface area (Å²) < 4.78 is 4.88. The molecule has 34 heavy (non-hydrogen) atoms. The largest absolute Gasteiger partial charge is 0.465 e. The fourth-order valence-electron chi connectivity index (χ4n) is 5.49. The van der Waals surface area contributed by atoms with Crippen LogP contribution >= 0.6 is 0 Å². The van der Waals surface area contributed by atoms with E-state index in [2.05, 4.69) is 0 Å². The van der Waals surface area contributed by atoms with Gasteiger partial charge in [-0.25, -0.2) is 9.69 Å². The van der Waals surface area contributed by atoms with Gasteiger partial charge in [0.1, 0.15) is 6.04 Å². The van der Waals surface area contributed by atoms with Crippen LogP contribution in [0.3, 0.4) is 0 Å². The number of esters is 1. The van der Waals surface area contributed by atoms with Crippen LogP contribution in [0.1, 0.15) is 48.3 Å². The maximum atomic E-state index is 13.9. The Labute approximate surface area is 198 Å². The lowest BCUT2D eigenvalue weighted by Gasteiger charge is -2.37. The molecule has 4 atom stereocenters. The van der Waals surface area contributed by atoms with Crippen molar-refractivity contribution in [3.63, 3.8) is 0 Å². The number of fused-ring (bicyclic) bond motifs is 5. The summed E-state index contributed by atoms with van der Waals surface area (Å²) in [4.78, 5) is 56.9. The number of benzene rings is 2. The van der Waals surface area contributed by atoms with Crippen LogP contribution in [0.25, 0.3) is 6.08 Å². The number of anilines is 1. The van der Waals surface area contributed by atoms with E-state index in [0.29, 0.717) is 0 Å². The number of ether oxygens (including phenoxy) is 1. The molecule has 2 aromatic rings. The second-order valence-electron chi connectivity index (χ2n) is 9.97. The Morgan fingerprint density at radius 1 is 0.912 bits per heavy atom. The van der Waals surface area contributed by atoms with Gasteiger partial charge in [-0.2, -0.15) is 0 Å². The molecule has 7 heteroatoms. The fraction of sp³-hybridized carbons (Fsp3) is 0.333. The topological polar surface area (TPSA) is 84.0 Å². The number of hydrogen-bond donors (Lipinski definition) is 0. The highest BCUT2D eigenvalue weighted by Gasteiger charge is 2.65. The Kier molecular flexibility index (Phi) is 4.97. The summed E-state index contributed by atoms with van der Waals surface area (Å²) >= 11 is 0. The minimum atomic E-state index is -0.856. The normalized spacial score (nSPS) is 25.2. The number of carbonyl (C=O) groups excluding carboxylic acids is 4. The van der Waals surface area contributed by atoms with Gasteiger partial charge in [0.15, 0.2) is 5.78 Å². The molecule has 0 aliphatic carbocycles. The molecule has 3 aliphatic heterocycles. The molecule has 2 amide bonds. The average molecular weight is 459 g/mol. The smallest absolute Gasteiger partial charge is 0.339 e. The van der Waals surface area contributed by atoms with Crippen molar-refractivity contribution in [3.8, 4) is 0 Å². The first-order valence-corrected chi connectivity index (χ1v) is 11.3. The fourth-order valence-corrected chi connectivity index (χ4v) is 5.49. The van der Waals surface area contributed by atoms with Crippen LogP contribution in [0.5, 0.6) is 0 Å². The Morgan fingerprint density at radius 2 is 1.56 bits per heavy atom. The van der Waals surface area contributed by atoms with E-state index >= 15 is 0 Å². The predicted octanol–water partition coefficient (Wildman–Crippen LogP) is 3.60. The van der Waals surface area contributed by atoms with Crippen LogP contribution in [0.15, 0.2) is 54.7 Å². The van der Waals surface area contributed by atoms with Gasteiger partial charge in [0.05, 0.1) is 36.2 Å². The second-order valence-corrected chi connectivity index (χ2v) is 9.97. The van der Waals surface area contributed by atoms with Crippen LogP contribution < -0.4 is 4.90 Å². The van der Waals surface area contributed by atoms with E-state index in [-0.39, 0.29) is 17.0 Å². The maximum absolute atomic E-state index is 13.9. The minimum absolute atomic E-state index is 0.0988. The number of rotatable bonds is 3. The van der Waals surface area contributed by atoms with Crippen molar-refractivity contribution < 1.29 is 23.9 Å². The highest BCUT2D eigenvalue weighted by atomic mass is 16.5. The molecule has 7 nitrogen and oxygen atoms in total. The summed E-state index contributed by atoms with van der Waals surface area (Å²) in [6.07, 6.45) is 3.77. The first-order chi connectivity index (χ1) is 16.2. The Morgan fingerprint density at radius 3 is 2.26 bits per heavy atom. The van der Waals surface area contributed by atoms with E-state index in [1.165, 1.54) is 13.2 Å². The van der Waals surface area contributed by atoms with Crippen LogP contribution in [0.2, 0.25) is 0 Å². The average Bonchev–Trinajstić information content (AvgIpc) is 3.30. The molecule has 0 aromatic heterocycles. The van der Waals surface area contributed by atoms with Gasteiger partial charge < -0.3 is 9.64 Å². The summed E-state index contributed by atoms with van der Waals surface area (Å²) in [6.45, 7) is 5.47. The van der Waals surface area contributed by atoms with Crippen LogP contribution in [0.4, 0.5) is 5.69 Å². The molecule has 2 fully saturated rings. The molecule has 3 aliphatic rings. The SMILES string of the molecule is COC(=O)c1ccccc1N1C(=O)[C@H]2[C@H](C1=O)[C@H]1c3ccccc3C=CN1[C@@H]2C(=O)C(C)(C)C. The van der Waals surface area contributed by atoms with Gasteiger partial charge in [-0.3, -0.25) is 14.4 Å². The van der Waals surface area contributed by atoms with Gasteiger partial charge in [0, 0.05) is 11.6 Å². The van der Waals surface area contributed by atoms with Gasteiger partial charge in [-0.15, -0.1) is 0 Å². The maximum Gasteiger partial charge on any atom is 0.339 e. The highest BCUT2D eigenvalue weighted by Crippen LogP contribution is 2.54. The summed E-state index contributed by atoms with van der Waals surface area (Å²) in [7, 11) is 1.25. The zero-order valence-electron chi connectivity index (χ0n) is 19.5. The zero-order valence-corrected chi connectivity index (χ0v) is 19.5. The first-order valence-electron chi connectivity index (χ1n) is 11.3. The van der Waals surface area contributed by atoms with E-state index < -0.39 is 47.1 Å². The number of para-hydroxylation sites is 1. The third-order valence-corrected chi connectivity index (χ3v) is 7.02. The summed E-state index contributed by atoms with van der Waals surface area (Å²) in [5, 5.41) is 0. The van der Waals surface area contributed by atoms with E-state index in [9.17, 15) is 19.2 Å². The molecule has 0 spiro atoms. The predicted molar refractivity (Wildman–Crippen MR) is 126 cm³/mol. The van der Waals surface area contributed by atoms with Crippen LogP contribution in [-0.2, 0) is 19.1 Å². The van der Waals surface area contributed by atoms with E-state index in [4.69, 9.17) is 4.74 Å². The lowest BCUT2D eigenvalue weighted by Crippen LogP contribution is -2.48. The van der Waals surface area contributed by atoms with E-state index in [1.807, 2.05) is 62.2 Å². The quantitative estimate of drug-likeness (QED) is 0.516. The molecule has 3 heterocycles. The number of amides is 2. The number of ketones is 1. The molecule has 0 radical (unpaired) electrons. The third-order valence-electron chi connectivity index (χ3n) is 7.02. The summed E-state index contributed by atoms with van der Waals surface area (Å²) in [5.41, 5.74) is 1.47. The van der Waals surface area contributed by atoms with Gasteiger partial charge in [0.2, 0.25) is 11.8 Å². The van der Waals surface area contributed by atoms with Gasteiger partial charge in [0.25, 0.3) is 0 Å². The molecule has 0 N–H and O–H groups in total. The van der Waals surface area contributed by atoms with E-state index in [0.717, 1.165) is 16.0 Å². The Hall–Kier alpha value is -3.74. The number of hydrogen-bond acceptors (Lipinski definition) is 6. The van der Waals surface area contributed by atoms with Crippen molar-refractivity contribution in [3.05, 3.63) is 71.4 Å². The van der Waals surface area contributed by atoms with Crippen molar-refractivity contribution in [2.45, 2.75) is 32.9 Å². The molecular weight excluding hydrogens is 432 g/mol. The number of imide groups is 1. The summed E-state index contributed by atoms with van der Waals surface area (Å²) in [6, 6.07) is 12.9. The van der Waals surface area contributed by atoms with Crippen molar-refractivity contribution in [1.82, 2.24) is 4.90 Å². The molecule has 0 saturated carbocycles. The third kappa shape index (κ3) is 3.03. The summed E-state index contributed by atoms with van der Waals surface area (Å²) in [5.74, 6) is -3.21. The highest BCUT2D eigenvalue weighted by molar-refractivity contribution is 6.25. The second kappa shape index (κ2) is 7.65. The Bertz CT molecular complexity index is 1260. The minimum Gasteiger partial charge on any atom is -0.465 e. The monoisotopic (exact) mass is 458 g/mol. The van der Waals surface area contributed by atoms with Gasteiger partial charge >= 0.3 is 5.97 Å².